The molecule has 0 aromatic heterocycles. The minimum Gasteiger partial charge on any atom is -0.288 e. The Morgan fingerprint density at radius 1 is 1.15 bits per heavy atom. The molecule has 0 bridgehead atoms. The van der Waals surface area contributed by atoms with Gasteiger partial charge in [-0.25, -0.2) is 0 Å². The van der Waals surface area contributed by atoms with Crippen LogP contribution in [0.2, 0.25) is 0 Å². The summed E-state index contributed by atoms with van der Waals surface area (Å²) in [5, 5.41) is 0. The monoisotopic (exact) mass is 179 g/mol. The van der Waals surface area contributed by atoms with Crippen molar-refractivity contribution in [2.75, 3.05) is 13.1 Å². The van der Waals surface area contributed by atoms with Crippen molar-refractivity contribution < 1.29 is 0 Å². The largest absolute Gasteiger partial charge is 0.288 e. The number of nitrogens with zero attached hydrogens (tertiary/aromatic N) is 1. The van der Waals surface area contributed by atoms with Gasteiger partial charge in [0.2, 0.25) is 0 Å². The van der Waals surface area contributed by atoms with E-state index in [0.717, 1.165) is 0 Å². The second kappa shape index (κ2) is 4.15. The molecule has 13 heavy (non-hydrogen) atoms. The van der Waals surface area contributed by atoms with E-state index >= 15 is 0 Å². The number of rotatable bonds is 1. The van der Waals surface area contributed by atoms with Crippen molar-refractivity contribution in [3.63, 3.8) is 0 Å². The van der Waals surface area contributed by atoms with Gasteiger partial charge in [-0.05, 0) is 39.8 Å². The normalized spacial score (nSPS) is 18.8. The van der Waals surface area contributed by atoms with Crippen LogP contribution in [0.3, 0.4) is 0 Å². The summed E-state index contributed by atoms with van der Waals surface area (Å²) in [6.07, 6.45) is 2.68. The molecule has 0 N–H and O–H groups in total. The lowest BCUT2D eigenvalue weighted by Crippen LogP contribution is -2.40. The molecule has 1 aliphatic heterocycles. The fourth-order valence-electron chi connectivity index (χ4n) is 1.68. The van der Waals surface area contributed by atoms with E-state index in [9.17, 15) is 0 Å². The molecule has 0 radical (unpaired) electrons. The highest BCUT2D eigenvalue weighted by atomic mass is 15.2. The maximum Gasteiger partial charge on any atom is 0.0768 e. The molecule has 0 saturated carbocycles. The molecule has 1 aliphatic rings. The second-order valence-electron chi connectivity index (χ2n) is 4.68. The number of hydrogen-bond donors (Lipinski definition) is 0. The average Bonchev–Trinajstić information content (AvgIpc) is 2.53. The second-order valence-corrected chi connectivity index (χ2v) is 4.68. The van der Waals surface area contributed by atoms with E-state index in [4.69, 9.17) is 0 Å². The van der Waals surface area contributed by atoms with E-state index in [2.05, 4.69) is 44.4 Å². The molecule has 1 fully saturated rings. The Balaban J connectivity index is 2.60. The van der Waals surface area contributed by atoms with Gasteiger partial charge in [0.1, 0.15) is 0 Å². The smallest absolute Gasteiger partial charge is 0.0768 e. The predicted molar refractivity (Wildman–Crippen MR) is 57.5 cm³/mol. The van der Waals surface area contributed by atoms with Gasteiger partial charge < -0.3 is 0 Å². The Bertz CT molecular complexity index is 211. The highest BCUT2D eigenvalue weighted by Gasteiger charge is 2.26. The van der Waals surface area contributed by atoms with E-state index in [0.29, 0.717) is 5.92 Å². The fourth-order valence-corrected chi connectivity index (χ4v) is 1.68. The van der Waals surface area contributed by atoms with Gasteiger partial charge in [0, 0.05) is 5.92 Å². The van der Waals surface area contributed by atoms with E-state index in [-0.39, 0.29) is 5.54 Å². The molecule has 1 rings (SSSR count). The van der Waals surface area contributed by atoms with Crippen molar-refractivity contribution in [2.24, 2.45) is 5.92 Å². The van der Waals surface area contributed by atoms with Gasteiger partial charge in [-0.15, -0.1) is 0 Å². The minimum atomic E-state index is 0.0841. The van der Waals surface area contributed by atoms with Crippen molar-refractivity contribution in [3.8, 4) is 11.8 Å². The zero-order chi connectivity index (χ0) is 9.90. The molecule has 0 aromatic carbocycles. The number of likely N-dealkylation sites (tertiary alicyclic amines) is 1. The molecule has 0 aliphatic carbocycles. The highest BCUT2D eigenvalue weighted by Crippen LogP contribution is 2.19. The van der Waals surface area contributed by atoms with Crippen LogP contribution in [-0.2, 0) is 0 Å². The van der Waals surface area contributed by atoms with Crippen LogP contribution >= 0.6 is 0 Å². The SMILES string of the molecule is CC(C)C#CC(C)(C)N1CCCC1. The van der Waals surface area contributed by atoms with Gasteiger partial charge >= 0.3 is 0 Å². The Labute approximate surface area is 82.5 Å². The first-order valence-electron chi connectivity index (χ1n) is 5.30. The third-order valence-corrected chi connectivity index (χ3v) is 2.56. The van der Waals surface area contributed by atoms with Crippen LogP contribution < -0.4 is 0 Å². The summed E-state index contributed by atoms with van der Waals surface area (Å²) >= 11 is 0. The Kier molecular flexibility index (Phi) is 3.39. The number of hydrogen-bond acceptors (Lipinski definition) is 1. The average molecular weight is 179 g/mol. The predicted octanol–water partition coefficient (Wildman–Crippen LogP) is 2.52. The lowest BCUT2D eigenvalue weighted by atomic mass is 10.0. The van der Waals surface area contributed by atoms with Gasteiger partial charge in [-0.1, -0.05) is 25.7 Å². The van der Waals surface area contributed by atoms with Crippen LogP contribution in [0.15, 0.2) is 0 Å². The van der Waals surface area contributed by atoms with Crippen molar-refractivity contribution in [1.29, 1.82) is 0 Å². The summed E-state index contributed by atoms with van der Waals surface area (Å²) in [7, 11) is 0. The third-order valence-electron chi connectivity index (χ3n) is 2.56. The first-order chi connectivity index (χ1) is 6.02. The molecule has 0 spiro atoms. The Morgan fingerprint density at radius 3 is 2.15 bits per heavy atom. The summed E-state index contributed by atoms with van der Waals surface area (Å²) in [4.78, 5) is 2.49. The van der Waals surface area contributed by atoms with Crippen LogP contribution in [0, 0.1) is 17.8 Å². The summed E-state index contributed by atoms with van der Waals surface area (Å²) in [5.74, 6) is 7.14. The van der Waals surface area contributed by atoms with E-state index < -0.39 is 0 Å². The minimum absolute atomic E-state index is 0.0841. The standard InChI is InChI=1S/C12H21N/c1-11(2)7-8-12(3,4)13-9-5-6-10-13/h11H,5-6,9-10H2,1-4H3. The van der Waals surface area contributed by atoms with Crippen molar-refractivity contribution >= 4 is 0 Å². The van der Waals surface area contributed by atoms with Crippen molar-refractivity contribution in [3.05, 3.63) is 0 Å². The maximum absolute atomic E-state index is 3.38. The lowest BCUT2D eigenvalue weighted by molar-refractivity contribution is 0.213. The topological polar surface area (TPSA) is 3.24 Å². The summed E-state index contributed by atoms with van der Waals surface area (Å²) < 4.78 is 0. The van der Waals surface area contributed by atoms with Gasteiger partial charge in [0.15, 0.2) is 0 Å². The molecule has 0 atom stereocenters. The molecule has 0 aromatic rings. The van der Waals surface area contributed by atoms with E-state index in [1.54, 1.807) is 0 Å². The molecule has 1 heteroatoms. The van der Waals surface area contributed by atoms with Gasteiger partial charge in [0.05, 0.1) is 5.54 Å². The van der Waals surface area contributed by atoms with Gasteiger partial charge in [0.25, 0.3) is 0 Å². The molecule has 1 saturated heterocycles. The summed E-state index contributed by atoms with van der Waals surface area (Å²) in [5.41, 5.74) is 0.0841. The Morgan fingerprint density at radius 2 is 1.69 bits per heavy atom. The quantitative estimate of drug-likeness (QED) is 0.559. The van der Waals surface area contributed by atoms with Crippen LogP contribution in [0.4, 0.5) is 0 Å². The zero-order valence-electron chi connectivity index (χ0n) is 9.35. The van der Waals surface area contributed by atoms with Crippen LogP contribution in [-0.4, -0.2) is 23.5 Å². The van der Waals surface area contributed by atoms with Crippen LogP contribution in [0.1, 0.15) is 40.5 Å². The molecule has 1 heterocycles. The molecule has 0 amide bonds. The van der Waals surface area contributed by atoms with E-state index in [1.807, 2.05) is 0 Å². The highest BCUT2D eigenvalue weighted by molar-refractivity contribution is 5.16. The zero-order valence-corrected chi connectivity index (χ0v) is 9.35. The van der Waals surface area contributed by atoms with Crippen LogP contribution in [0.5, 0.6) is 0 Å². The summed E-state index contributed by atoms with van der Waals surface area (Å²) in [6, 6.07) is 0. The van der Waals surface area contributed by atoms with Crippen molar-refractivity contribution in [2.45, 2.75) is 46.1 Å². The molecule has 0 unspecified atom stereocenters. The Hall–Kier alpha value is -0.480. The third kappa shape index (κ3) is 3.04. The van der Waals surface area contributed by atoms with Gasteiger partial charge in [-0.2, -0.15) is 0 Å². The summed E-state index contributed by atoms with van der Waals surface area (Å²) in [6.45, 7) is 11.2. The van der Waals surface area contributed by atoms with E-state index in [1.165, 1.54) is 25.9 Å². The molecule has 74 valence electrons. The molecule has 1 nitrogen and oxygen atoms in total. The maximum atomic E-state index is 3.38. The molecular formula is C12H21N. The molecular weight excluding hydrogens is 158 g/mol. The fraction of sp³-hybridized carbons (Fsp3) is 0.833. The van der Waals surface area contributed by atoms with Crippen LogP contribution in [0.25, 0.3) is 0 Å². The first kappa shape index (κ1) is 10.6. The van der Waals surface area contributed by atoms with Gasteiger partial charge in [-0.3, -0.25) is 4.90 Å². The lowest BCUT2D eigenvalue weighted by Gasteiger charge is -2.30. The first-order valence-corrected chi connectivity index (χ1v) is 5.30. The van der Waals surface area contributed by atoms with Crippen molar-refractivity contribution in [1.82, 2.24) is 4.90 Å².